The lowest BCUT2D eigenvalue weighted by Gasteiger charge is -2.23. The van der Waals surface area contributed by atoms with Gasteiger partial charge in [0.2, 0.25) is 0 Å². The van der Waals surface area contributed by atoms with Gasteiger partial charge in [-0.15, -0.1) is 0 Å². The minimum absolute atomic E-state index is 0.0411. The second-order valence-corrected chi connectivity index (χ2v) is 12.8. The zero-order valence-corrected chi connectivity index (χ0v) is 21.5. The standard InChI is InChI=1S/C25H36N4O4S/c1-16(2)26-24(30)33-20-11-9-18(13-20)21-15-23(29(28-21)25(3,4)5)27-19-10-8-17-7-6-12-34(31,32)22(17)14-19/h8,10,14-16,18,20,27H,6-7,9,11-13H2,1-5H3,(H,26,30)/t18-,20+/m0/s1. The average Bonchev–Trinajstić information content (AvgIpc) is 3.34. The molecule has 186 valence electrons. The van der Waals surface area contributed by atoms with E-state index in [-0.39, 0.29) is 35.4 Å². The monoisotopic (exact) mass is 488 g/mol. The van der Waals surface area contributed by atoms with Gasteiger partial charge in [0.25, 0.3) is 0 Å². The van der Waals surface area contributed by atoms with Crippen molar-refractivity contribution in [1.29, 1.82) is 0 Å². The Labute approximate surface area is 202 Å². The number of ether oxygens (including phenoxy) is 1. The molecule has 1 aliphatic heterocycles. The number of anilines is 2. The second-order valence-electron chi connectivity index (χ2n) is 10.7. The Bertz CT molecular complexity index is 1160. The van der Waals surface area contributed by atoms with E-state index in [0.29, 0.717) is 11.3 Å². The van der Waals surface area contributed by atoms with Gasteiger partial charge in [-0.25, -0.2) is 17.9 Å². The van der Waals surface area contributed by atoms with E-state index in [9.17, 15) is 13.2 Å². The number of hydrogen-bond acceptors (Lipinski definition) is 6. The predicted octanol–water partition coefficient (Wildman–Crippen LogP) is 4.87. The highest BCUT2D eigenvalue weighted by atomic mass is 32.2. The molecule has 2 aromatic rings. The van der Waals surface area contributed by atoms with E-state index < -0.39 is 9.84 Å². The number of fused-ring (bicyclic) bond motifs is 1. The molecule has 0 saturated heterocycles. The van der Waals surface area contributed by atoms with Gasteiger partial charge < -0.3 is 15.4 Å². The van der Waals surface area contributed by atoms with Crippen molar-refractivity contribution in [1.82, 2.24) is 15.1 Å². The van der Waals surface area contributed by atoms with Crippen LogP contribution >= 0.6 is 0 Å². The zero-order valence-electron chi connectivity index (χ0n) is 20.7. The van der Waals surface area contributed by atoms with Crippen molar-refractivity contribution in [3.63, 3.8) is 0 Å². The van der Waals surface area contributed by atoms with Crippen LogP contribution in [0.15, 0.2) is 29.2 Å². The fourth-order valence-electron chi connectivity index (χ4n) is 4.78. The topological polar surface area (TPSA) is 102 Å². The van der Waals surface area contributed by atoms with Crippen molar-refractivity contribution in [2.45, 2.75) is 95.2 Å². The highest BCUT2D eigenvalue weighted by molar-refractivity contribution is 7.91. The molecule has 34 heavy (non-hydrogen) atoms. The third kappa shape index (κ3) is 5.40. The van der Waals surface area contributed by atoms with Crippen LogP contribution in [0.2, 0.25) is 0 Å². The molecule has 1 saturated carbocycles. The van der Waals surface area contributed by atoms with Crippen LogP contribution in [0.5, 0.6) is 0 Å². The van der Waals surface area contributed by atoms with Crippen LogP contribution in [0.1, 0.15) is 77.5 Å². The molecule has 1 aromatic carbocycles. The summed E-state index contributed by atoms with van der Waals surface area (Å²) in [6, 6.07) is 7.68. The summed E-state index contributed by atoms with van der Waals surface area (Å²) in [7, 11) is -3.24. The van der Waals surface area contributed by atoms with Crippen molar-refractivity contribution in [3.05, 3.63) is 35.5 Å². The van der Waals surface area contributed by atoms with E-state index >= 15 is 0 Å². The van der Waals surface area contributed by atoms with Gasteiger partial charge >= 0.3 is 6.09 Å². The van der Waals surface area contributed by atoms with Crippen LogP contribution in [0.4, 0.5) is 16.3 Å². The van der Waals surface area contributed by atoms with Gasteiger partial charge in [-0.2, -0.15) is 5.10 Å². The molecule has 2 aliphatic rings. The number of carbonyl (C=O) groups excluding carboxylic acids is 1. The highest BCUT2D eigenvalue weighted by Gasteiger charge is 2.32. The molecule has 1 amide bonds. The number of alkyl carbamates (subject to hydrolysis) is 1. The molecule has 2 N–H and O–H groups in total. The Morgan fingerprint density at radius 2 is 1.97 bits per heavy atom. The number of hydrogen-bond donors (Lipinski definition) is 2. The lowest BCUT2D eigenvalue weighted by atomic mass is 10.0. The first-order chi connectivity index (χ1) is 15.9. The molecule has 0 radical (unpaired) electrons. The fraction of sp³-hybridized carbons (Fsp3) is 0.600. The molecule has 9 heteroatoms. The first kappa shape index (κ1) is 24.6. The maximum atomic E-state index is 12.6. The number of benzene rings is 1. The first-order valence-electron chi connectivity index (χ1n) is 12.1. The molecule has 2 heterocycles. The summed E-state index contributed by atoms with van der Waals surface area (Å²) >= 11 is 0. The second kappa shape index (κ2) is 9.24. The fourth-order valence-corrected chi connectivity index (χ4v) is 6.40. The van der Waals surface area contributed by atoms with E-state index in [2.05, 4.69) is 31.4 Å². The minimum Gasteiger partial charge on any atom is -0.446 e. The van der Waals surface area contributed by atoms with Crippen LogP contribution in [0.3, 0.4) is 0 Å². The molecule has 1 aliphatic carbocycles. The number of rotatable bonds is 5. The summed E-state index contributed by atoms with van der Waals surface area (Å²) < 4.78 is 32.7. The number of nitrogens with one attached hydrogen (secondary N) is 2. The van der Waals surface area contributed by atoms with E-state index in [1.165, 1.54) is 0 Å². The Morgan fingerprint density at radius 3 is 2.68 bits per heavy atom. The minimum atomic E-state index is -3.24. The van der Waals surface area contributed by atoms with Crippen molar-refractivity contribution >= 4 is 27.4 Å². The van der Waals surface area contributed by atoms with Gasteiger partial charge in [-0.1, -0.05) is 6.07 Å². The summed E-state index contributed by atoms with van der Waals surface area (Å²) in [6.07, 6.45) is 3.42. The maximum Gasteiger partial charge on any atom is 0.407 e. The van der Waals surface area contributed by atoms with E-state index in [1.807, 2.05) is 36.7 Å². The first-order valence-corrected chi connectivity index (χ1v) is 13.8. The third-order valence-electron chi connectivity index (χ3n) is 6.38. The molecule has 0 bridgehead atoms. The lowest BCUT2D eigenvalue weighted by Crippen LogP contribution is -2.33. The van der Waals surface area contributed by atoms with E-state index in [0.717, 1.165) is 48.4 Å². The van der Waals surface area contributed by atoms with Crippen LogP contribution in [-0.4, -0.2) is 42.2 Å². The van der Waals surface area contributed by atoms with E-state index in [1.54, 1.807) is 6.07 Å². The Balaban J connectivity index is 1.55. The number of carbonyl (C=O) groups is 1. The molecule has 0 spiro atoms. The van der Waals surface area contributed by atoms with Crippen LogP contribution in [0, 0.1) is 0 Å². The summed E-state index contributed by atoms with van der Waals surface area (Å²) in [4.78, 5) is 12.4. The Hall–Kier alpha value is -2.55. The van der Waals surface area contributed by atoms with Crippen molar-refractivity contribution in [2.75, 3.05) is 11.1 Å². The number of aromatic nitrogens is 2. The van der Waals surface area contributed by atoms with Gasteiger partial charge in [-0.3, -0.25) is 0 Å². The van der Waals surface area contributed by atoms with Crippen molar-refractivity contribution < 1.29 is 17.9 Å². The molecule has 2 atom stereocenters. The van der Waals surface area contributed by atoms with Gasteiger partial charge in [0, 0.05) is 23.7 Å². The Morgan fingerprint density at radius 1 is 1.21 bits per heavy atom. The normalized spacial score (nSPS) is 21.8. The lowest BCUT2D eigenvalue weighted by molar-refractivity contribution is 0.0981. The SMILES string of the molecule is CC(C)NC(=O)O[C@@H]1CC[C@H](c2cc(Nc3ccc4c(c3)S(=O)(=O)CCC4)n(C(C)(C)C)n2)C1. The summed E-state index contributed by atoms with van der Waals surface area (Å²) in [5.41, 5.74) is 2.31. The molecule has 8 nitrogen and oxygen atoms in total. The van der Waals surface area contributed by atoms with Gasteiger partial charge in [-0.05, 0) is 84.4 Å². The molecule has 4 rings (SSSR count). The summed E-state index contributed by atoms with van der Waals surface area (Å²) in [5, 5.41) is 11.1. The quantitative estimate of drug-likeness (QED) is 0.622. The smallest absolute Gasteiger partial charge is 0.407 e. The number of nitrogens with zero attached hydrogens (tertiary/aromatic N) is 2. The van der Waals surface area contributed by atoms with Crippen LogP contribution in [-0.2, 0) is 26.5 Å². The number of amides is 1. The van der Waals surface area contributed by atoms with Crippen molar-refractivity contribution in [2.24, 2.45) is 0 Å². The number of sulfone groups is 1. The molecule has 1 fully saturated rings. The van der Waals surface area contributed by atoms with Gasteiger partial charge in [0.05, 0.1) is 21.9 Å². The van der Waals surface area contributed by atoms with E-state index in [4.69, 9.17) is 9.84 Å². The number of aryl methyl sites for hydroxylation is 1. The highest BCUT2D eigenvalue weighted by Crippen LogP contribution is 2.38. The van der Waals surface area contributed by atoms with Crippen molar-refractivity contribution in [3.8, 4) is 0 Å². The summed E-state index contributed by atoms with van der Waals surface area (Å²) in [5.74, 6) is 1.22. The molecule has 0 unspecified atom stereocenters. The van der Waals surface area contributed by atoms with Gasteiger partial charge in [0.15, 0.2) is 9.84 Å². The van der Waals surface area contributed by atoms with Crippen LogP contribution in [0.25, 0.3) is 0 Å². The summed E-state index contributed by atoms with van der Waals surface area (Å²) in [6.45, 7) is 10.1. The largest absolute Gasteiger partial charge is 0.446 e. The van der Waals surface area contributed by atoms with Gasteiger partial charge in [0.1, 0.15) is 11.9 Å². The third-order valence-corrected chi connectivity index (χ3v) is 8.26. The average molecular weight is 489 g/mol. The zero-order chi connectivity index (χ0) is 24.7. The maximum absolute atomic E-state index is 12.6. The molecule has 1 aromatic heterocycles. The molecular weight excluding hydrogens is 452 g/mol. The van der Waals surface area contributed by atoms with Crippen LogP contribution < -0.4 is 10.6 Å². The predicted molar refractivity (Wildman–Crippen MR) is 132 cm³/mol. The molecular formula is C25H36N4O4S. The Kier molecular flexibility index (Phi) is 6.68.